The van der Waals surface area contributed by atoms with Gasteiger partial charge in [-0.05, 0) is 31.7 Å². The average molecular weight is 211 g/mol. The normalized spacial score (nSPS) is 30.8. The molecule has 2 unspecified atom stereocenters. The molecular weight excluding hydrogens is 194 g/mol. The summed E-state index contributed by atoms with van der Waals surface area (Å²) < 4.78 is 5.69. The third-order valence-corrected chi connectivity index (χ3v) is 3.92. The highest BCUT2D eigenvalue weighted by molar-refractivity contribution is 7.09. The minimum Gasteiger partial charge on any atom is -0.374 e. The summed E-state index contributed by atoms with van der Waals surface area (Å²) in [5.74, 6) is 0.476. The minimum atomic E-state index is -0.151. The van der Waals surface area contributed by atoms with Gasteiger partial charge in [0.2, 0.25) is 0 Å². The molecule has 0 aromatic carbocycles. The zero-order valence-electron chi connectivity index (χ0n) is 8.69. The van der Waals surface area contributed by atoms with Gasteiger partial charge < -0.3 is 10.5 Å². The maximum absolute atomic E-state index is 6.15. The van der Waals surface area contributed by atoms with Crippen molar-refractivity contribution >= 4 is 11.3 Å². The fourth-order valence-electron chi connectivity index (χ4n) is 1.96. The van der Waals surface area contributed by atoms with E-state index in [1.165, 1.54) is 4.88 Å². The summed E-state index contributed by atoms with van der Waals surface area (Å²) >= 11 is 1.80. The fourth-order valence-corrected chi connectivity index (χ4v) is 2.76. The summed E-state index contributed by atoms with van der Waals surface area (Å²) in [6, 6.07) is 4.42. The molecule has 0 bridgehead atoms. The quantitative estimate of drug-likeness (QED) is 0.812. The zero-order chi connectivity index (χ0) is 10.2. The molecule has 1 aliphatic heterocycles. The van der Waals surface area contributed by atoms with Gasteiger partial charge in [0.25, 0.3) is 0 Å². The van der Waals surface area contributed by atoms with Gasteiger partial charge in [0.1, 0.15) is 0 Å². The maximum Gasteiger partial charge on any atom is 0.0780 e. The van der Waals surface area contributed by atoms with Gasteiger partial charge in [0, 0.05) is 16.8 Å². The molecule has 2 N–H and O–H groups in total. The van der Waals surface area contributed by atoms with E-state index in [1.807, 2.05) is 0 Å². The number of hydrogen-bond acceptors (Lipinski definition) is 3. The average Bonchev–Trinajstić information content (AvgIpc) is 2.70. The Bertz CT molecular complexity index is 294. The van der Waals surface area contributed by atoms with Crippen LogP contribution in [-0.4, -0.2) is 18.2 Å². The number of hydrogen-bond donors (Lipinski definition) is 1. The van der Waals surface area contributed by atoms with E-state index in [0.717, 1.165) is 13.0 Å². The lowest BCUT2D eigenvalue weighted by Crippen LogP contribution is -2.43. The number of thiophene rings is 1. The maximum atomic E-state index is 6.15. The Morgan fingerprint density at radius 1 is 1.64 bits per heavy atom. The summed E-state index contributed by atoms with van der Waals surface area (Å²) in [6.45, 7) is 4.95. The summed E-state index contributed by atoms with van der Waals surface area (Å²) in [5, 5.41) is 2.11. The van der Waals surface area contributed by atoms with Crippen LogP contribution < -0.4 is 5.73 Å². The SMILES string of the molecule is CC1(C)OCC(Cc2cccs2)C1N. The van der Waals surface area contributed by atoms with Crippen LogP contribution in [0.1, 0.15) is 18.7 Å². The van der Waals surface area contributed by atoms with Gasteiger partial charge in [-0.25, -0.2) is 0 Å². The Morgan fingerprint density at radius 2 is 2.43 bits per heavy atom. The van der Waals surface area contributed by atoms with E-state index >= 15 is 0 Å². The largest absolute Gasteiger partial charge is 0.374 e. The van der Waals surface area contributed by atoms with Crippen molar-refractivity contribution in [1.82, 2.24) is 0 Å². The van der Waals surface area contributed by atoms with Crippen LogP contribution >= 0.6 is 11.3 Å². The number of nitrogens with two attached hydrogens (primary N) is 1. The van der Waals surface area contributed by atoms with Crippen molar-refractivity contribution in [2.45, 2.75) is 31.9 Å². The lowest BCUT2D eigenvalue weighted by Gasteiger charge is -2.24. The Balaban J connectivity index is 2.01. The molecule has 2 atom stereocenters. The lowest BCUT2D eigenvalue weighted by molar-refractivity contribution is 0.0276. The Kier molecular flexibility index (Phi) is 2.64. The van der Waals surface area contributed by atoms with Gasteiger partial charge in [0.05, 0.1) is 12.2 Å². The molecule has 3 heteroatoms. The highest BCUT2D eigenvalue weighted by atomic mass is 32.1. The summed E-state index contributed by atoms with van der Waals surface area (Å²) in [6.07, 6.45) is 1.06. The standard InChI is InChI=1S/C11H17NOS/c1-11(2)10(12)8(7-13-11)6-9-4-3-5-14-9/h3-5,8,10H,6-7,12H2,1-2H3. The van der Waals surface area contributed by atoms with Crippen molar-refractivity contribution in [3.63, 3.8) is 0 Å². The number of rotatable bonds is 2. The highest BCUT2D eigenvalue weighted by Crippen LogP contribution is 2.31. The monoisotopic (exact) mass is 211 g/mol. The van der Waals surface area contributed by atoms with E-state index in [2.05, 4.69) is 31.4 Å². The first-order chi connectivity index (χ1) is 6.59. The van der Waals surface area contributed by atoms with Crippen LogP contribution in [0.3, 0.4) is 0 Å². The summed E-state index contributed by atoms with van der Waals surface area (Å²) in [5.41, 5.74) is 6.00. The molecule has 2 heterocycles. The molecule has 78 valence electrons. The lowest BCUT2D eigenvalue weighted by atomic mass is 9.89. The Morgan fingerprint density at radius 3 is 2.93 bits per heavy atom. The van der Waals surface area contributed by atoms with E-state index in [0.29, 0.717) is 5.92 Å². The molecule has 0 radical (unpaired) electrons. The van der Waals surface area contributed by atoms with Gasteiger partial charge in [-0.1, -0.05) is 6.07 Å². The second kappa shape index (κ2) is 3.65. The third kappa shape index (κ3) is 1.85. The van der Waals surface area contributed by atoms with Crippen LogP contribution in [0.15, 0.2) is 17.5 Å². The molecule has 0 saturated carbocycles. The fraction of sp³-hybridized carbons (Fsp3) is 0.636. The molecule has 0 spiro atoms. The van der Waals surface area contributed by atoms with Crippen LogP contribution in [0.25, 0.3) is 0 Å². The van der Waals surface area contributed by atoms with Gasteiger partial charge in [-0.15, -0.1) is 11.3 Å². The van der Waals surface area contributed by atoms with Crippen LogP contribution in [-0.2, 0) is 11.2 Å². The van der Waals surface area contributed by atoms with Crippen molar-refractivity contribution in [2.24, 2.45) is 11.7 Å². The topological polar surface area (TPSA) is 35.2 Å². The smallest absolute Gasteiger partial charge is 0.0780 e. The van der Waals surface area contributed by atoms with E-state index in [-0.39, 0.29) is 11.6 Å². The second-order valence-electron chi connectivity index (χ2n) is 4.48. The predicted molar refractivity (Wildman–Crippen MR) is 59.5 cm³/mol. The van der Waals surface area contributed by atoms with Gasteiger partial charge in [-0.3, -0.25) is 0 Å². The number of ether oxygens (including phenoxy) is 1. The van der Waals surface area contributed by atoms with E-state index in [4.69, 9.17) is 10.5 Å². The molecule has 1 aliphatic rings. The summed E-state index contributed by atoms with van der Waals surface area (Å²) in [7, 11) is 0. The van der Waals surface area contributed by atoms with Gasteiger partial charge in [0.15, 0.2) is 0 Å². The van der Waals surface area contributed by atoms with Crippen molar-refractivity contribution < 1.29 is 4.74 Å². The van der Waals surface area contributed by atoms with Crippen molar-refractivity contribution in [1.29, 1.82) is 0 Å². The molecule has 1 aromatic heterocycles. The predicted octanol–water partition coefficient (Wildman–Crippen LogP) is 2.04. The minimum absolute atomic E-state index is 0.151. The van der Waals surface area contributed by atoms with Crippen molar-refractivity contribution in [2.75, 3.05) is 6.61 Å². The molecule has 2 nitrogen and oxygen atoms in total. The van der Waals surface area contributed by atoms with E-state index in [1.54, 1.807) is 11.3 Å². The molecule has 1 fully saturated rings. The highest BCUT2D eigenvalue weighted by Gasteiger charge is 2.40. The van der Waals surface area contributed by atoms with Gasteiger partial charge in [-0.2, -0.15) is 0 Å². The first-order valence-electron chi connectivity index (χ1n) is 5.01. The zero-order valence-corrected chi connectivity index (χ0v) is 9.51. The third-order valence-electron chi connectivity index (χ3n) is 3.02. The van der Waals surface area contributed by atoms with E-state index in [9.17, 15) is 0 Å². The van der Waals surface area contributed by atoms with Crippen molar-refractivity contribution in [3.8, 4) is 0 Å². The van der Waals surface area contributed by atoms with Crippen LogP contribution in [0.5, 0.6) is 0 Å². The first kappa shape index (κ1) is 10.1. The van der Waals surface area contributed by atoms with E-state index < -0.39 is 0 Å². The van der Waals surface area contributed by atoms with Crippen LogP contribution in [0, 0.1) is 5.92 Å². The Hall–Kier alpha value is -0.380. The molecule has 14 heavy (non-hydrogen) atoms. The molecule has 0 aliphatic carbocycles. The molecule has 2 rings (SSSR count). The Labute approximate surface area is 89.1 Å². The van der Waals surface area contributed by atoms with Crippen LogP contribution in [0.4, 0.5) is 0 Å². The van der Waals surface area contributed by atoms with Crippen molar-refractivity contribution in [3.05, 3.63) is 22.4 Å². The molecule has 0 amide bonds. The van der Waals surface area contributed by atoms with Gasteiger partial charge >= 0.3 is 0 Å². The molecule has 1 saturated heterocycles. The molecule has 1 aromatic rings. The first-order valence-corrected chi connectivity index (χ1v) is 5.89. The second-order valence-corrected chi connectivity index (χ2v) is 5.52. The summed E-state index contributed by atoms with van der Waals surface area (Å²) in [4.78, 5) is 1.41. The van der Waals surface area contributed by atoms with Crippen LogP contribution in [0.2, 0.25) is 0 Å². The molecular formula is C11H17NOS.